The van der Waals surface area contributed by atoms with E-state index in [0.717, 1.165) is 192 Å². The van der Waals surface area contributed by atoms with Crippen LogP contribution in [0.3, 0.4) is 0 Å². The molecule has 0 bridgehead atoms. The zero-order chi connectivity index (χ0) is 72.3. The lowest BCUT2D eigenvalue weighted by molar-refractivity contribution is -0.111. The predicted molar refractivity (Wildman–Crippen MR) is 442 cm³/mol. The van der Waals surface area contributed by atoms with E-state index in [-0.39, 0.29) is 10.2 Å². The van der Waals surface area contributed by atoms with Crippen molar-refractivity contribution in [2.75, 3.05) is 90.0 Å². The molecule has 1 aliphatic heterocycles. The monoisotopic (exact) mass is 1430 g/mol. The van der Waals surface area contributed by atoms with Gasteiger partial charge in [0.05, 0.1) is 24.4 Å². The normalized spacial score (nSPS) is 15.1. The SMILES string of the molecule is CCCCC/C=C\C/C=C\CCCCCCC(O)CN(CCCC(=O)SCCN1CCN(CCSC(=O)CCCN(CC(O)CCCCCC/C=C\C/C=C\CCCCC)CC(O)CCCCCC/C=C\C/C=C\CCCCC)CC1)CC(O)CCCCCC/C=C\C/C=C\CCCCC. The van der Waals surface area contributed by atoms with Gasteiger partial charge in [0.1, 0.15) is 0 Å². The average molecular weight is 1430 g/mol. The molecule has 12 heteroatoms. The number of carbonyl (C=O) groups is 2. The Morgan fingerprint density at radius 1 is 0.310 bits per heavy atom. The zero-order valence-electron chi connectivity index (χ0n) is 65.6. The largest absolute Gasteiger partial charge is 0.392 e. The second-order valence-electron chi connectivity index (χ2n) is 29.1. The summed E-state index contributed by atoms with van der Waals surface area (Å²) < 4.78 is 0. The van der Waals surface area contributed by atoms with Gasteiger partial charge in [-0.3, -0.25) is 29.2 Å². The van der Waals surface area contributed by atoms with Crippen molar-refractivity contribution in [3.63, 3.8) is 0 Å². The predicted octanol–water partition coefficient (Wildman–Crippen LogP) is 22.4. The van der Waals surface area contributed by atoms with Crippen LogP contribution < -0.4 is 0 Å². The van der Waals surface area contributed by atoms with Gasteiger partial charge in [0.2, 0.25) is 0 Å². The number of allylic oxidation sites excluding steroid dienone is 16. The third-order valence-corrected chi connectivity index (χ3v) is 21.2. The summed E-state index contributed by atoms with van der Waals surface area (Å²) in [6, 6.07) is 0. The van der Waals surface area contributed by atoms with Gasteiger partial charge in [-0.15, -0.1) is 0 Å². The molecule has 0 aliphatic carbocycles. The fourth-order valence-electron chi connectivity index (χ4n) is 13.0. The van der Waals surface area contributed by atoms with Gasteiger partial charge in [-0.2, -0.15) is 0 Å². The number of thioether (sulfide) groups is 2. The smallest absolute Gasteiger partial charge is 0.189 e. The molecule has 0 saturated carbocycles. The summed E-state index contributed by atoms with van der Waals surface area (Å²) in [5.74, 6) is 1.57. The molecule has 10 nitrogen and oxygen atoms in total. The maximum atomic E-state index is 13.2. The van der Waals surface area contributed by atoms with E-state index in [1.54, 1.807) is 0 Å². The number of piperazine rings is 1. The number of carbonyl (C=O) groups excluding carboxylic acids is 2. The Kier molecular flexibility index (Phi) is 73.0. The maximum absolute atomic E-state index is 13.2. The number of hydrogen-bond acceptors (Lipinski definition) is 12. The minimum Gasteiger partial charge on any atom is -0.392 e. The number of aliphatic hydroxyl groups is 4. The third kappa shape index (κ3) is 68.7. The van der Waals surface area contributed by atoms with Crippen LogP contribution in [0.1, 0.15) is 336 Å². The van der Waals surface area contributed by atoms with E-state index in [9.17, 15) is 30.0 Å². The minimum absolute atomic E-state index is 0.228. The first-order valence-corrected chi connectivity index (χ1v) is 44.2. The number of hydrogen-bond donors (Lipinski definition) is 4. The first-order chi connectivity index (χ1) is 49.1. The fourth-order valence-corrected chi connectivity index (χ4v) is 14.7. The quantitative estimate of drug-likeness (QED) is 0.0342. The van der Waals surface area contributed by atoms with Crippen LogP contribution in [0.25, 0.3) is 0 Å². The molecule has 0 amide bonds. The number of unbranched alkanes of at least 4 members (excludes halogenated alkanes) is 28. The van der Waals surface area contributed by atoms with Crippen LogP contribution >= 0.6 is 23.5 Å². The van der Waals surface area contributed by atoms with E-state index in [0.29, 0.717) is 52.1 Å². The number of aliphatic hydroxyl groups excluding tert-OH is 4. The van der Waals surface area contributed by atoms with Crippen molar-refractivity contribution in [3.05, 3.63) is 97.2 Å². The Hall–Kier alpha value is -2.36. The maximum Gasteiger partial charge on any atom is 0.189 e. The highest BCUT2D eigenvalue weighted by Gasteiger charge is 2.21. The number of nitrogens with zero attached hydrogens (tertiary/aromatic N) is 4. The molecule has 4 unspecified atom stereocenters. The van der Waals surface area contributed by atoms with Gasteiger partial charge in [0, 0.05) is 89.8 Å². The molecule has 1 heterocycles. The van der Waals surface area contributed by atoms with Crippen molar-refractivity contribution in [2.45, 2.75) is 360 Å². The van der Waals surface area contributed by atoms with Gasteiger partial charge in [-0.05, 0) is 180 Å². The summed E-state index contributed by atoms with van der Waals surface area (Å²) in [5.41, 5.74) is 0. The zero-order valence-corrected chi connectivity index (χ0v) is 67.2. The first kappa shape index (κ1) is 95.7. The van der Waals surface area contributed by atoms with Crippen molar-refractivity contribution < 1.29 is 30.0 Å². The van der Waals surface area contributed by atoms with Crippen LogP contribution in [0.5, 0.6) is 0 Å². The van der Waals surface area contributed by atoms with Gasteiger partial charge in [-0.25, -0.2) is 0 Å². The topological polar surface area (TPSA) is 128 Å². The van der Waals surface area contributed by atoms with Crippen LogP contribution in [0.15, 0.2) is 97.2 Å². The van der Waals surface area contributed by atoms with E-state index in [1.807, 2.05) is 0 Å². The molecule has 0 aromatic rings. The summed E-state index contributed by atoms with van der Waals surface area (Å²) >= 11 is 2.90. The number of rotatable bonds is 74. The highest BCUT2D eigenvalue weighted by Crippen LogP contribution is 2.19. The summed E-state index contributed by atoms with van der Waals surface area (Å²) in [4.78, 5) is 35.8. The molecule has 1 rings (SSSR count). The van der Waals surface area contributed by atoms with E-state index >= 15 is 0 Å². The molecule has 1 saturated heterocycles. The van der Waals surface area contributed by atoms with E-state index in [2.05, 4.69) is 145 Å². The van der Waals surface area contributed by atoms with E-state index in [4.69, 9.17) is 0 Å². The molecule has 0 aromatic heterocycles. The summed E-state index contributed by atoms with van der Waals surface area (Å²) in [7, 11) is 0. The lowest BCUT2D eigenvalue weighted by Crippen LogP contribution is -2.47. The third-order valence-electron chi connectivity index (χ3n) is 19.3. The second-order valence-corrected chi connectivity index (χ2v) is 31.4. The van der Waals surface area contributed by atoms with E-state index < -0.39 is 24.4 Å². The Bertz CT molecular complexity index is 1770. The lowest BCUT2D eigenvalue weighted by Gasteiger charge is -2.34. The van der Waals surface area contributed by atoms with Crippen LogP contribution in [0, 0.1) is 0 Å². The highest BCUT2D eigenvalue weighted by molar-refractivity contribution is 8.13. The van der Waals surface area contributed by atoms with Crippen LogP contribution in [0.2, 0.25) is 0 Å². The Morgan fingerprint density at radius 2 is 0.530 bits per heavy atom. The Labute approximate surface area is 627 Å². The standard InChI is InChI=1S/C88H160N4O6S2/c1-5-9-13-17-21-25-29-33-37-41-45-49-53-57-63-83(93)79-91(80-84(94)64-58-54-50-46-42-38-34-30-26-22-18-14-10-6-2)69-61-67-87(97)99-77-75-89-71-73-90(74-72-89)76-78-100-88(98)68-62-70-92(81-85(95)65-59-55-51-47-43-39-35-31-27-23-19-15-11-7-3)82-86(96)66-60-56-52-48-44-40-36-32-28-24-20-16-12-8-4/h21-28,33-40,83-86,93-96H,5-20,29-32,41-82H2,1-4H3/b25-21-,26-22-,27-23-,28-24-,37-33-,38-34-,39-35-,40-36-. The molecule has 580 valence electrons. The molecule has 4 atom stereocenters. The van der Waals surface area contributed by atoms with Gasteiger partial charge < -0.3 is 20.4 Å². The summed E-state index contributed by atoms with van der Waals surface area (Å²) in [5, 5.41) is 45.3. The fraction of sp³-hybridized carbons (Fsp3) is 0.795. The molecule has 1 fully saturated rings. The van der Waals surface area contributed by atoms with Gasteiger partial charge in [0.25, 0.3) is 0 Å². The molecule has 0 spiro atoms. The second kappa shape index (κ2) is 76.3. The molecule has 4 N–H and O–H groups in total. The van der Waals surface area contributed by atoms with Crippen molar-refractivity contribution in [3.8, 4) is 0 Å². The van der Waals surface area contributed by atoms with E-state index in [1.165, 1.54) is 178 Å². The van der Waals surface area contributed by atoms with Crippen LogP contribution in [-0.2, 0) is 9.59 Å². The van der Waals surface area contributed by atoms with Crippen molar-refractivity contribution >= 4 is 33.8 Å². The Balaban J connectivity index is 2.54. The minimum atomic E-state index is -0.434. The van der Waals surface area contributed by atoms with Crippen LogP contribution in [-0.4, -0.2) is 165 Å². The molecule has 0 radical (unpaired) electrons. The summed E-state index contributed by atoms with van der Waals surface area (Å²) in [6.07, 6.45) is 87.5. The van der Waals surface area contributed by atoms with Gasteiger partial charge in [0.15, 0.2) is 10.2 Å². The summed E-state index contributed by atoms with van der Waals surface area (Å²) in [6.45, 7) is 18.2. The molecular weight excluding hydrogens is 1270 g/mol. The van der Waals surface area contributed by atoms with Crippen molar-refractivity contribution in [1.29, 1.82) is 0 Å². The first-order valence-electron chi connectivity index (χ1n) is 42.2. The molecular formula is C88H160N4O6S2. The van der Waals surface area contributed by atoms with Crippen LogP contribution in [0.4, 0.5) is 0 Å². The molecule has 0 aromatic carbocycles. The van der Waals surface area contributed by atoms with Gasteiger partial charge in [-0.1, -0.05) is 277 Å². The molecule has 100 heavy (non-hydrogen) atoms. The van der Waals surface area contributed by atoms with Crippen molar-refractivity contribution in [2.24, 2.45) is 0 Å². The lowest BCUT2D eigenvalue weighted by atomic mass is 10.1. The molecule has 1 aliphatic rings. The van der Waals surface area contributed by atoms with Crippen molar-refractivity contribution in [1.82, 2.24) is 19.6 Å². The van der Waals surface area contributed by atoms with Gasteiger partial charge >= 0.3 is 0 Å². The average Bonchev–Trinajstić information content (AvgIpc) is 1.29. The highest BCUT2D eigenvalue weighted by atomic mass is 32.2. The Morgan fingerprint density at radius 3 is 0.760 bits per heavy atom.